The summed E-state index contributed by atoms with van der Waals surface area (Å²) < 4.78 is 5.15. The van der Waals surface area contributed by atoms with E-state index in [9.17, 15) is 14.4 Å². The van der Waals surface area contributed by atoms with Gasteiger partial charge in [-0.2, -0.15) is 0 Å². The summed E-state index contributed by atoms with van der Waals surface area (Å²) in [4.78, 5) is 35.6. The van der Waals surface area contributed by atoms with Crippen LogP contribution in [0.2, 0.25) is 0 Å². The Labute approximate surface area is 149 Å². The Morgan fingerprint density at radius 1 is 1.32 bits per heavy atom. The van der Waals surface area contributed by atoms with Crippen molar-refractivity contribution < 1.29 is 18.8 Å². The molecule has 1 saturated heterocycles. The third-order valence-electron chi connectivity index (χ3n) is 3.91. The van der Waals surface area contributed by atoms with E-state index in [-0.39, 0.29) is 47.9 Å². The maximum Gasteiger partial charge on any atom is 0.230 e. The van der Waals surface area contributed by atoms with Gasteiger partial charge in [0.2, 0.25) is 17.7 Å². The number of carbonyl (C=O) groups excluding carboxylic acids is 3. The molecule has 3 rings (SSSR count). The number of amides is 3. The lowest BCUT2D eigenvalue weighted by molar-refractivity contribution is -0.125. The molecular weight excluding hydrogens is 344 g/mol. The molecule has 25 heavy (non-hydrogen) atoms. The van der Waals surface area contributed by atoms with Gasteiger partial charge in [0.25, 0.3) is 0 Å². The van der Waals surface area contributed by atoms with Crippen LogP contribution in [0.5, 0.6) is 0 Å². The minimum Gasteiger partial charge on any atom is -0.467 e. The molecular formula is C16H22N4O4S. The van der Waals surface area contributed by atoms with E-state index in [2.05, 4.69) is 21.3 Å². The average molecular weight is 366 g/mol. The summed E-state index contributed by atoms with van der Waals surface area (Å²) in [5, 5.41) is 11.7. The molecule has 0 aromatic carbocycles. The zero-order valence-corrected chi connectivity index (χ0v) is 14.6. The third-order valence-corrected chi connectivity index (χ3v) is 4.92. The number of nitrogens with one attached hydrogen (secondary N) is 4. The summed E-state index contributed by atoms with van der Waals surface area (Å²) >= 11 is 1.29. The fourth-order valence-corrected chi connectivity index (χ4v) is 3.44. The summed E-state index contributed by atoms with van der Waals surface area (Å²) in [5.41, 5.74) is -0.380. The molecule has 4 N–H and O–H groups in total. The molecule has 0 radical (unpaired) electrons. The summed E-state index contributed by atoms with van der Waals surface area (Å²) in [6.45, 7) is 0.334. The zero-order valence-electron chi connectivity index (χ0n) is 13.7. The van der Waals surface area contributed by atoms with Crippen molar-refractivity contribution in [2.24, 2.45) is 0 Å². The van der Waals surface area contributed by atoms with Gasteiger partial charge in [-0.25, -0.2) is 0 Å². The monoisotopic (exact) mass is 366 g/mol. The van der Waals surface area contributed by atoms with Crippen LogP contribution in [0.1, 0.15) is 31.4 Å². The number of hydrogen-bond acceptors (Lipinski definition) is 6. The molecule has 2 heterocycles. The predicted octanol–water partition coefficient (Wildman–Crippen LogP) is 0.0594. The Hall–Kier alpha value is -2.00. The van der Waals surface area contributed by atoms with Crippen molar-refractivity contribution in [1.29, 1.82) is 0 Å². The molecule has 9 heteroatoms. The van der Waals surface area contributed by atoms with Crippen molar-refractivity contribution in [1.82, 2.24) is 21.3 Å². The van der Waals surface area contributed by atoms with Crippen molar-refractivity contribution >= 4 is 29.5 Å². The van der Waals surface area contributed by atoms with Gasteiger partial charge in [-0.15, -0.1) is 11.8 Å². The highest BCUT2D eigenvalue weighted by Crippen LogP contribution is 2.19. The molecule has 2 fully saturated rings. The summed E-state index contributed by atoms with van der Waals surface area (Å²) in [6, 6.07) is 3.65. The van der Waals surface area contributed by atoms with Gasteiger partial charge in [0, 0.05) is 24.9 Å². The van der Waals surface area contributed by atoms with Crippen LogP contribution in [0.4, 0.5) is 0 Å². The summed E-state index contributed by atoms with van der Waals surface area (Å²) in [6.07, 6.45) is 4.16. The predicted molar refractivity (Wildman–Crippen MR) is 92.3 cm³/mol. The van der Waals surface area contributed by atoms with E-state index in [1.807, 2.05) is 0 Å². The number of thioether (sulfide) groups is 1. The van der Waals surface area contributed by atoms with Crippen LogP contribution >= 0.6 is 11.8 Å². The lowest BCUT2D eigenvalue weighted by Gasteiger charge is -2.30. The van der Waals surface area contributed by atoms with Crippen molar-refractivity contribution in [2.75, 3.05) is 5.75 Å². The molecule has 1 aliphatic heterocycles. The molecule has 8 nitrogen and oxygen atoms in total. The van der Waals surface area contributed by atoms with E-state index in [1.165, 1.54) is 11.8 Å². The highest BCUT2D eigenvalue weighted by atomic mass is 32.2. The Kier molecular flexibility index (Phi) is 5.98. The quantitative estimate of drug-likeness (QED) is 0.518. The highest BCUT2D eigenvalue weighted by molar-refractivity contribution is 8.00. The minimum atomic E-state index is -0.380. The maximum absolute atomic E-state index is 11.9. The Balaban J connectivity index is 1.37. The molecule has 0 bridgehead atoms. The van der Waals surface area contributed by atoms with Crippen molar-refractivity contribution in [3.8, 4) is 0 Å². The molecule has 0 spiro atoms. The minimum absolute atomic E-state index is 0.0327. The zero-order chi connectivity index (χ0) is 17.6. The second-order valence-corrected chi connectivity index (χ2v) is 7.32. The normalized spacial score (nSPS) is 23.0. The second kappa shape index (κ2) is 8.39. The van der Waals surface area contributed by atoms with Gasteiger partial charge >= 0.3 is 0 Å². The number of rotatable bonds is 8. The van der Waals surface area contributed by atoms with Crippen LogP contribution in [-0.4, -0.2) is 41.1 Å². The van der Waals surface area contributed by atoms with E-state index in [1.54, 1.807) is 18.4 Å². The molecule has 2 atom stereocenters. The first-order valence-corrected chi connectivity index (χ1v) is 9.39. The van der Waals surface area contributed by atoms with Crippen LogP contribution in [0.15, 0.2) is 22.8 Å². The summed E-state index contributed by atoms with van der Waals surface area (Å²) in [7, 11) is 0. The van der Waals surface area contributed by atoms with E-state index in [0.717, 1.165) is 12.8 Å². The van der Waals surface area contributed by atoms with Gasteiger partial charge in [-0.3, -0.25) is 19.7 Å². The standard InChI is InChI=1S/C16H22N4O4S/c21-13(18-10-3-4-10)6-11-7-14(22)20-16(19-11)25-9-15(23)17-8-12-2-1-5-24-12/h1-2,5,10-11,16,19H,3-4,6-9H2,(H,17,23)(H,18,21)(H,20,22). The fourth-order valence-electron chi connectivity index (χ4n) is 2.51. The Morgan fingerprint density at radius 2 is 2.16 bits per heavy atom. The smallest absolute Gasteiger partial charge is 0.230 e. The lowest BCUT2D eigenvalue weighted by atomic mass is 10.1. The maximum atomic E-state index is 11.9. The molecule has 1 saturated carbocycles. The van der Waals surface area contributed by atoms with Crippen LogP contribution in [-0.2, 0) is 20.9 Å². The van der Waals surface area contributed by atoms with Gasteiger partial charge in [-0.05, 0) is 25.0 Å². The van der Waals surface area contributed by atoms with Crippen LogP contribution in [0, 0.1) is 0 Å². The fraction of sp³-hybridized carbons (Fsp3) is 0.562. The Bertz CT molecular complexity index is 618. The molecule has 3 amide bonds. The number of furan rings is 1. The second-order valence-electron chi connectivity index (χ2n) is 6.23. The van der Waals surface area contributed by atoms with Crippen molar-refractivity contribution in [3.63, 3.8) is 0 Å². The van der Waals surface area contributed by atoms with Gasteiger partial charge in [0.05, 0.1) is 18.6 Å². The molecule has 1 aliphatic carbocycles. The van der Waals surface area contributed by atoms with E-state index >= 15 is 0 Å². The SMILES string of the molecule is O=C(CSC1NC(=O)CC(CC(=O)NC2CC2)N1)NCc1ccco1. The van der Waals surface area contributed by atoms with Crippen molar-refractivity contribution in [2.45, 2.75) is 49.8 Å². The van der Waals surface area contributed by atoms with Crippen molar-refractivity contribution in [3.05, 3.63) is 24.2 Å². The number of carbonyl (C=O) groups is 3. The van der Waals surface area contributed by atoms with Gasteiger partial charge in [-0.1, -0.05) is 0 Å². The molecule has 2 unspecified atom stereocenters. The van der Waals surface area contributed by atoms with Crippen LogP contribution in [0.3, 0.4) is 0 Å². The highest BCUT2D eigenvalue weighted by Gasteiger charge is 2.30. The van der Waals surface area contributed by atoms with Gasteiger partial charge in [0.1, 0.15) is 11.3 Å². The lowest BCUT2D eigenvalue weighted by Crippen LogP contribution is -2.56. The summed E-state index contributed by atoms with van der Waals surface area (Å²) in [5.74, 6) is 0.584. The molecule has 1 aromatic rings. The van der Waals surface area contributed by atoms with Gasteiger partial charge < -0.3 is 20.4 Å². The first kappa shape index (κ1) is 17.8. The van der Waals surface area contributed by atoms with Crippen LogP contribution < -0.4 is 21.3 Å². The largest absolute Gasteiger partial charge is 0.467 e. The molecule has 136 valence electrons. The molecule has 2 aliphatic rings. The molecule has 1 aromatic heterocycles. The van der Waals surface area contributed by atoms with Gasteiger partial charge in [0.15, 0.2) is 0 Å². The number of hydrogen-bond donors (Lipinski definition) is 4. The first-order valence-electron chi connectivity index (χ1n) is 8.34. The van der Waals surface area contributed by atoms with E-state index in [0.29, 0.717) is 18.3 Å². The average Bonchev–Trinajstić information content (AvgIpc) is 3.21. The topological polar surface area (TPSA) is 112 Å². The first-order chi connectivity index (χ1) is 12.1. The van der Waals surface area contributed by atoms with E-state index < -0.39 is 0 Å². The third kappa shape index (κ3) is 6.09. The van der Waals surface area contributed by atoms with E-state index in [4.69, 9.17) is 4.42 Å². The Morgan fingerprint density at radius 3 is 2.88 bits per heavy atom. The van der Waals surface area contributed by atoms with Crippen LogP contribution in [0.25, 0.3) is 0 Å².